The van der Waals surface area contributed by atoms with Crippen molar-refractivity contribution < 1.29 is 18.3 Å². The maximum atomic E-state index is 12.6. The molecule has 0 spiro atoms. The van der Waals surface area contributed by atoms with Gasteiger partial charge in [0.25, 0.3) is 11.7 Å². The Morgan fingerprint density at radius 2 is 2.04 bits per heavy atom. The Kier molecular flexibility index (Phi) is 6.35. The van der Waals surface area contributed by atoms with E-state index in [0.29, 0.717) is 49.7 Å². The third-order valence-corrected chi connectivity index (χ3v) is 4.56. The smallest absolute Gasteiger partial charge is 0.288 e. The Labute approximate surface area is 154 Å². The number of morpholine rings is 1. The van der Waals surface area contributed by atoms with E-state index in [2.05, 4.69) is 15.3 Å². The van der Waals surface area contributed by atoms with Crippen LogP contribution >= 0.6 is 11.8 Å². The van der Waals surface area contributed by atoms with Gasteiger partial charge in [0, 0.05) is 24.2 Å². The summed E-state index contributed by atoms with van der Waals surface area (Å²) in [6.45, 7) is 2.88. The minimum atomic E-state index is -2.58. The van der Waals surface area contributed by atoms with Crippen molar-refractivity contribution in [2.75, 3.05) is 31.2 Å². The van der Waals surface area contributed by atoms with Crippen LogP contribution in [0.3, 0.4) is 0 Å². The van der Waals surface area contributed by atoms with E-state index in [4.69, 9.17) is 4.74 Å². The molecule has 138 valence electrons. The van der Waals surface area contributed by atoms with E-state index in [1.165, 1.54) is 12.1 Å². The molecule has 1 aromatic heterocycles. The number of anilines is 1. The maximum absolute atomic E-state index is 12.6. The monoisotopic (exact) mass is 380 g/mol. The summed E-state index contributed by atoms with van der Waals surface area (Å²) in [5, 5.41) is 2.73. The van der Waals surface area contributed by atoms with Crippen LogP contribution in [-0.4, -0.2) is 47.9 Å². The average molecular weight is 380 g/mol. The predicted octanol–water partition coefficient (Wildman–Crippen LogP) is 2.56. The van der Waals surface area contributed by atoms with Gasteiger partial charge in [0.1, 0.15) is 0 Å². The van der Waals surface area contributed by atoms with Gasteiger partial charge in [0.2, 0.25) is 5.95 Å². The first-order valence-electron chi connectivity index (χ1n) is 8.10. The largest absolute Gasteiger partial charge is 0.378 e. The van der Waals surface area contributed by atoms with Crippen LogP contribution in [0.4, 0.5) is 14.7 Å². The van der Waals surface area contributed by atoms with Gasteiger partial charge in [-0.3, -0.25) is 4.79 Å². The standard InChI is InChI=1S/C17H18F2N4O2S/c18-16(19)26-14-4-2-1-3-13(14)15(24)21-11-12-5-6-20-17(22-12)23-7-9-25-10-8-23/h1-6,16H,7-11H2,(H,21,24). The first kappa shape index (κ1) is 18.5. The van der Waals surface area contributed by atoms with Crippen molar-refractivity contribution in [3.63, 3.8) is 0 Å². The van der Waals surface area contributed by atoms with E-state index in [1.807, 2.05) is 4.90 Å². The van der Waals surface area contributed by atoms with Crippen molar-refractivity contribution >= 4 is 23.6 Å². The lowest BCUT2D eigenvalue weighted by Crippen LogP contribution is -2.37. The van der Waals surface area contributed by atoms with Gasteiger partial charge >= 0.3 is 0 Å². The molecule has 1 aliphatic rings. The van der Waals surface area contributed by atoms with Gasteiger partial charge in [0.15, 0.2) is 0 Å². The molecule has 0 bridgehead atoms. The number of halogens is 2. The summed E-state index contributed by atoms with van der Waals surface area (Å²) in [5.41, 5.74) is 0.870. The summed E-state index contributed by atoms with van der Waals surface area (Å²) < 4.78 is 30.6. The van der Waals surface area contributed by atoms with Crippen LogP contribution < -0.4 is 10.2 Å². The van der Waals surface area contributed by atoms with Crippen molar-refractivity contribution in [1.82, 2.24) is 15.3 Å². The molecule has 1 saturated heterocycles. The molecule has 0 atom stereocenters. The molecule has 0 unspecified atom stereocenters. The first-order valence-corrected chi connectivity index (χ1v) is 8.98. The van der Waals surface area contributed by atoms with Crippen LogP contribution in [0.1, 0.15) is 16.1 Å². The number of aromatic nitrogens is 2. The lowest BCUT2D eigenvalue weighted by Gasteiger charge is -2.26. The molecule has 1 aromatic carbocycles. The third-order valence-electron chi connectivity index (χ3n) is 3.77. The number of benzene rings is 1. The van der Waals surface area contributed by atoms with Crippen molar-refractivity contribution in [2.45, 2.75) is 17.2 Å². The number of thioether (sulfide) groups is 1. The first-order chi connectivity index (χ1) is 12.6. The highest BCUT2D eigenvalue weighted by Gasteiger charge is 2.16. The minimum absolute atomic E-state index is 0.187. The minimum Gasteiger partial charge on any atom is -0.378 e. The molecule has 1 amide bonds. The average Bonchev–Trinajstić information content (AvgIpc) is 2.67. The normalized spacial score (nSPS) is 14.5. The fourth-order valence-electron chi connectivity index (χ4n) is 2.52. The second-order valence-electron chi connectivity index (χ2n) is 5.50. The number of hydrogen-bond donors (Lipinski definition) is 1. The van der Waals surface area contributed by atoms with Gasteiger partial charge in [-0.1, -0.05) is 23.9 Å². The number of ether oxygens (including phenoxy) is 1. The molecular weight excluding hydrogens is 362 g/mol. The van der Waals surface area contributed by atoms with E-state index >= 15 is 0 Å². The molecule has 0 aliphatic carbocycles. The molecule has 6 nitrogen and oxygen atoms in total. The molecule has 0 saturated carbocycles. The molecule has 2 heterocycles. The van der Waals surface area contributed by atoms with Crippen LogP contribution in [0.5, 0.6) is 0 Å². The van der Waals surface area contributed by atoms with Gasteiger partial charge in [-0.15, -0.1) is 0 Å². The fraction of sp³-hybridized carbons (Fsp3) is 0.353. The van der Waals surface area contributed by atoms with Crippen molar-refractivity contribution in [1.29, 1.82) is 0 Å². The Balaban J connectivity index is 1.65. The molecule has 1 aliphatic heterocycles. The van der Waals surface area contributed by atoms with Gasteiger partial charge < -0.3 is 15.0 Å². The van der Waals surface area contributed by atoms with Gasteiger partial charge in [-0.2, -0.15) is 8.78 Å². The quantitative estimate of drug-likeness (QED) is 0.777. The summed E-state index contributed by atoms with van der Waals surface area (Å²) in [5.74, 6) is -2.41. The maximum Gasteiger partial charge on any atom is 0.288 e. The Morgan fingerprint density at radius 3 is 2.81 bits per heavy atom. The number of carbonyl (C=O) groups excluding carboxylic acids is 1. The van der Waals surface area contributed by atoms with Crippen LogP contribution in [0.15, 0.2) is 41.4 Å². The summed E-state index contributed by atoms with van der Waals surface area (Å²) in [6.07, 6.45) is 1.64. The van der Waals surface area contributed by atoms with Crippen LogP contribution in [0.2, 0.25) is 0 Å². The molecule has 1 fully saturated rings. The zero-order valence-corrected chi connectivity index (χ0v) is 14.7. The zero-order chi connectivity index (χ0) is 18.4. The highest BCUT2D eigenvalue weighted by atomic mass is 32.2. The fourth-order valence-corrected chi connectivity index (χ4v) is 3.15. The number of nitrogens with zero attached hydrogens (tertiary/aromatic N) is 3. The SMILES string of the molecule is O=C(NCc1ccnc(N2CCOCC2)n1)c1ccccc1SC(F)F. The molecule has 3 rings (SSSR count). The Bertz CT molecular complexity index is 757. The highest BCUT2D eigenvalue weighted by molar-refractivity contribution is 7.99. The van der Waals surface area contributed by atoms with E-state index in [0.717, 1.165) is 0 Å². The van der Waals surface area contributed by atoms with Crippen LogP contribution in [0.25, 0.3) is 0 Å². The third kappa shape index (κ3) is 4.89. The van der Waals surface area contributed by atoms with Crippen LogP contribution in [-0.2, 0) is 11.3 Å². The molecule has 2 aromatic rings. The molecule has 9 heteroatoms. The van der Waals surface area contributed by atoms with Crippen molar-refractivity contribution in [3.8, 4) is 0 Å². The number of alkyl halides is 2. The van der Waals surface area contributed by atoms with E-state index in [-0.39, 0.29) is 17.0 Å². The van der Waals surface area contributed by atoms with Gasteiger partial charge in [-0.25, -0.2) is 9.97 Å². The molecule has 26 heavy (non-hydrogen) atoms. The van der Waals surface area contributed by atoms with E-state index < -0.39 is 11.7 Å². The predicted molar refractivity (Wildman–Crippen MR) is 94.5 cm³/mol. The number of amides is 1. The summed E-state index contributed by atoms with van der Waals surface area (Å²) >= 11 is 0.358. The summed E-state index contributed by atoms with van der Waals surface area (Å²) in [4.78, 5) is 23.3. The van der Waals surface area contributed by atoms with Crippen molar-refractivity contribution in [2.24, 2.45) is 0 Å². The van der Waals surface area contributed by atoms with Gasteiger partial charge in [0.05, 0.1) is 31.0 Å². The lowest BCUT2D eigenvalue weighted by molar-refractivity contribution is 0.0947. The van der Waals surface area contributed by atoms with E-state index in [9.17, 15) is 13.6 Å². The number of carbonyl (C=O) groups is 1. The van der Waals surface area contributed by atoms with E-state index in [1.54, 1.807) is 24.4 Å². The molecule has 0 radical (unpaired) electrons. The highest BCUT2D eigenvalue weighted by Crippen LogP contribution is 2.28. The number of rotatable bonds is 6. The van der Waals surface area contributed by atoms with Crippen molar-refractivity contribution in [3.05, 3.63) is 47.8 Å². The summed E-state index contributed by atoms with van der Waals surface area (Å²) in [7, 11) is 0. The summed E-state index contributed by atoms with van der Waals surface area (Å²) in [6, 6.07) is 8.02. The molecule has 1 N–H and O–H groups in total. The Morgan fingerprint density at radius 1 is 1.27 bits per heavy atom. The van der Waals surface area contributed by atoms with Crippen LogP contribution in [0, 0.1) is 0 Å². The lowest BCUT2D eigenvalue weighted by atomic mass is 10.2. The zero-order valence-electron chi connectivity index (χ0n) is 13.9. The second-order valence-corrected chi connectivity index (χ2v) is 6.54. The van der Waals surface area contributed by atoms with Gasteiger partial charge in [-0.05, 0) is 18.2 Å². The number of nitrogens with one attached hydrogen (secondary N) is 1. The topological polar surface area (TPSA) is 67.4 Å². The Hall–Kier alpha value is -2.26. The molecular formula is C17H18F2N4O2S. The number of hydrogen-bond acceptors (Lipinski definition) is 6. The second kappa shape index (κ2) is 8.91.